The minimum atomic E-state index is -0.973. The Labute approximate surface area is 148 Å². The molecule has 0 saturated heterocycles. The van der Waals surface area contributed by atoms with Gasteiger partial charge in [0.1, 0.15) is 11.6 Å². The monoisotopic (exact) mass is 367 g/mol. The van der Waals surface area contributed by atoms with Crippen LogP contribution in [0.2, 0.25) is 5.02 Å². The predicted octanol–water partition coefficient (Wildman–Crippen LogP) is 3.90. The molecule has 4 nitrogen and oxygen atoms in total. The molecule has 1 aliphatic heterocycles. The van der Waals surface area contributed by atoms with E-state index in [1.165, 1.54) is 6.07 Å². The van der Waals surface area contributed by atoms with Gasteiger partial charge in [0.2, 0.25) is 0 Å². The highest BCUT2D eigenvalue weighted by Crippen LogP contribution is 2.34. The molecule has 7 heteroatoms. The summed E-state index contributed by atoms with van der Waals surface area (Å²) in [5.41, 5.74) is 1.79. The summed E-state index contributed by atoms with van der Waals surface area (Å²) in [6, 6.07) is 5.74. The van der Waals surface area contributed by atoms with Crippen LogP contribution in [0.1, 0.15) is 23.1 Å². The van der Waals surface area contributed by atoms with Crippen LogP contribution in [0.25, 0.3) is 0 Å². The highest BCUT2D eigenvalue weighted by Gasteiger charge is 2.24. The first-order valence-corrected chi connectivity index (χ1v) is 8.18. The van der Waals surface area contributed by atoms with E-state index in [0.29, 0.717) is 29.7 Å². The van der Waals surface area contributed by atoms with Crippen molar-refractivity contribution in [3.8, 4) is 5.75 Å². The van der Waals surface area contributed by atoms with Gasteiger partial charge in [0.15, 0.2) is 5.82 Å². The number of carboxylic acid groups (broad SMARTS) is 1. The number of hydrogen-bond acceptors (Lipinski definition) is 3. The van der Waals surface area contributed by atoms with Crippen molar-refractivity contribution >= 4 is 23.3 Å². The summed E-state index contributed by atoms with van der Waals surface area (Å²) in [5, 5.41) is 18.2. The molecule has 0 amide bonds. The average Bonchev–Trinajstić information content (AvgIpc) is 2.57. The second-order valence-corrected chi connectivity index (χ2v) is 6.41. The zero-order valence-corrected chi connectivity index (χ0v) is 14.0. The molecule has 3 rings (SSSR count). The maximum atomic E-state index is 14.6. The van der Waals surface area contributed by atoms with E-state index in [1.54, 1.807) is 17.0 Å². The molecule has 0 aromatic heterocycles. The number of carboxylic acids is 1. The molecule has 132 valence electrons. The number of phenols is 1. The van der Waals surface area contributed by atoms with Crippen molar-refractivity contribution in [2.75, 3.05) is 11.4 Å². The Morgan fingerprint density at radius 3 is 2.72 bits per heavy atom. The van der Waals surface area contributed by atoms with Gasteiger partial charge in [-0.05, 0) is 29.5 Å². The number of aryl methyl sites for hydroxylation is 1. The Hall–Kier alpha value is -2.34. The van der Waals surface area contributed by atoms with Crippen molar-refractivity contribution < 1.29 is 23.8 Å². The molecule has 0 saturated carbocycles. The van der Waals surface area contributed by atoms with Gasteiger partial charge in [-0.3, -0.25) is 4.79 Å². The lowest BCUT2D eigenvalue weighted by Gasteiger charge is -2.31. The van der Waals surface area contributed by atoms with E-state index in [2.05, 4.69) is 0 Å². The van der Waals surface area contributed by atoms with Crippen molar-refractivity contribution in [1.29, 1.82) is 0 Å². The summed E-state index contributed by atoms with van der Waals surface area (Å²) in [6.45, 7) is 0.644. The number of nitrogens with zero attached hydrogens (tertiary/aromatic N) is 1. The normalized spacial score (nSPS) is 13.6. The summed E-state index contributed by atoms with van der Waals surface area (Å²) < 4.78 is 28.8. The lowest BCUT2D eigenvalue weighted by molar-refractivity contribution is -0.136. The summed E-state index contributed by atoms with van der Waals surface area (Å²) in [4.78, 5) is 12.4. The Bertz CT molecular complexity index is 842. The summed E-state index contributed by atoms with van der Waals surface area (Å²) in [6.07, 6.45) is 0.360. The van der Waals surface area contributed by atoms with E-state index >= 15 is 0 Å². The standard InChI is InChI=1S/C18H16ClF2NO3/c19-14-7-12(23)8-15(18(14)21)22-6-5-13-11(9-22)2-1-10(17(13)20)3-4-16(24)25/h1-2,7-8,23H,3-6,9H2,(H,24,25). The van der Waals surface area contributed by atoms with Crippen LogP contribution in [-0.2, 0) is 24.2 Å². The van der Waals surface area contributed by atoms with E-state index in [4.69, 9.17) is 16.7 Å². The van der Waals surface area contributed by atoms with Crippen LogP contribution >= 0.6 is 11.6 Å². The van der Waals surface area contributed by atoms with Gasteiger partial charge in [-0.15, -0.1) is 0 Å². The number of rotatable bonds is 4. The van der Waals surface area contributed by atoms with Crippen LogP contribution in [-0.4, -0.2) is 22.7 Å². The minimum absolute atomic E-state index is 0.130. The van der Waals surface area contributed by atoms with Gasteiger partial charge in [0.05, 0.1) is 10.7 Å². The van der Waals surface area contributed by atoms with Gasteiger partial charge in [-0.2, -0.15) is 0 Å². The Morgan fingerprint density at radius 1 is 1.24 bits per heavy atom. The number of carbonyl (C=O) groups is 1. The second kappa shape index (κ2) is 6.88. The second-order valence-electron chi connectivity index (χ2n) is 6.00. The van der Waals surface area contributed by atoms with Crippen molar-refractivity contribution in [1.82, 2.24) is 0 Å². The summed E-state index contributed by atoms with van der Waals surface area (Å²) in [7, 11) is 0. The smallest absolute Gasteiger partial charge is 0.303 e. The van der Waals surface area contributed by atoms with Crippen LogP contribution in [0.5, 0.6) is 5.75 Å². The van der Waals surface area contributed by atoms with E-state index in [0.717, 1.165) is 6.07 Å². The van der Waals surface area contributed by atoms with E-state index in [9.17, 15) is 18.7 Å². The fraction of sp³-hybridized carbons (Fsp3) is 0.278. The first-order valence-electron chi connectivity index (χ1n) is 7.80. The fourth-order valence-corrected chi connectivity index (χ4v) is 3.30. The average molecular weight is 368 g/mol. The zero-order chi connectivity index (χ0) is 18.1. The minimum Gasteiger partial charge on any atom is -0.508 e. The Balaban J connectivity index is 1.88. The Morgan fingerprint density at radius 2 is 2.00 bits per heavy atom. The first kappa shape index (κ1) is 17.5. The van der Waals surface area contributed by atoms with Crippen molar-refractivity contribution in [3.63, 3.8) is 0 Å². The molecule has 1 aliphatic rings. The molecule has 0 unspecified atom stereocenters. The quantitative estimate of drug-likeness (QED) is 0.860. The molecule has 0 atom stereocenters. The maximum absolute atomic E-state index is 14.6. The van der Waals surface area contributed by atoms with E-state index < -0.39 is 11.8 Å². The van der Waals surface area contributed by atoms with E-state index in [-0.39, 0.29) is 41.7 Å². The third-order valence-electron chi connectivity index (χ3n) is 4.36. The number of aromatic hydroxyl groups is 1. The number of aliphatic carboxylic acids is 1. The predicted molar refractivity (Wildman–Crippen MR) is 90.2 cm³/mol. The van der Waals surface area contributed by atoms with Crippen LogP contribution in [0.4, 0.5) is 14.5 Å². The lowest BCUT2D eigenvalue weighted by Crippen LogP contribution is -2.32. The van der Waals surface area contributed by atoms with E-state index in [1.807, 2.05) is 0 Å². The van der Waals surface area contributed by atoms with Crippen molar-refractivity contribution in [2.24, 2.45) is 0 Å². The van der Waals surface area contributed by atoms with Crippen molar-refractivity contribution in [2.45, 2.75) is 25.8 Å². The number of benzene rings is 2. The molecular weight excluding hydrogens is 352 g/mol. The van der Waals surface area contributed by atoms with Crippen molar-refractivity contribution in [3.05, 3.63) is 57.6 Å². The maximum Gasteiger partial charge on any atom is 0.303 e. The summed E-state index contributed by atoms with van der Waals surface area (Å²) in [5.74, 6) is -2.11. The SMILES string of the molecule is O=C(O)CCc1ccc2c(c1F)CCN(c1cc(O)cc(Cl)c1F)C2. The van der Waals surface area contributed by atoms with Gasteiger partial charge in [0, 0.05) is 31.6 Å². The fourth-order valence-electron chi connectivity index (χ4n) is 3.09. The first-order chi connectivity index (χ1) is 11.9. The molecule has 2 aromatic carbocycles. The molecule has 0 fully saturated rings. The summed E-state index contributed by atoms with van der Waals surface area (Å²) >= 11 is 5.78. The van der Waals surface area contributed by atoms with Gasteiger partial charge < -0.3 is 15.1 Å². The number of halogens is 3. The molecule has 0 spiro atoms. The van der Waals surface area contributed by atoms with Gasteiger partial charge in [-0.25, -0.2) is 8.78 Å². The largest absolute Gasteiger partial charge is 0.508 e. The van der Waals surface area contributed by atoms with Crippen LogP contribution in [0.3, 0.4) is 0 Å². The van der Waals surface area contributed by atoms with Gasteiger partial charge >= 0.3 is 5.97 Å². The number of hydrogen-bond donors (Lipinski definition) is 2. The third-order valence-corrected chi connectivity index (χ3v) is 4.63. The third kappa shape index (κ3) is 3.54. The number of anilines is 1. The molecule has 25 heavy (non-hydrogen) atoms. The Kier molecular flexibility index (Phi) is 4.81. The molecular formula is C18H16ClF2NO3. The molecule has 1 heterocycles. The van der Waals surface area contributed by atoms with Gasteiger partial charge in [-0.1, -0.05) is 23.7 Å². The number of fused-ring (bicyclic) bond motifs is 1. The van der Waals surface area contributed by atoms with Crippen LogP contribution < -0.4 is 4.90 Å². The molecule has 2 aromatic rings. The zero-order valence-electron chi connectivity index (χ0n) is 13.2. The topological polar surface area (TPSA) is 60.8 Å². The highest BCUT2D eigenvalue weighted by atomic mass is 35.5. The van der Waals surface area contributed by atoms with Crippen LogP contribution in [0.15, 0.2) is 24.3 Å². The molecule has 0 radical (unpaired) electrons. The number of phenolic OH excluding ortho intramolecular Hbond substituents is 1. The molecule has 2 N–H and O–H groups in total. The molecule has 0 bridgehead atoms. The van der Waals surface area contributed by atoms with Gasteiger partial charge in [0.25, 0.3) is 0 Å². The highest BCUT2D eigenvalue weighted by molar-refractivity contribution is 6.31. The van der Waals surface area contributed by atoms with Crippen LogP contribution in [0, 0.1) is 11.6 Å². The lowest BCUT2D eigenvalue weighted by atomic mass is 9.94. The molecule has 0 aliphatic carbocycles.